The SMILES string of the molecule is CCC(C)C(NC(=O)OCC1c2ccccc2-c2ccccc21)C(=O)NCOC(Cc1ccccc1)C(=O)O. The molecule has 1 aliphatic carbocycles. The van der Waals surface area contributed by atoms with Gasteiger partial charge in [-0.25, -0.2) is 9.59 Å². The number of benzene rings is 3. The Morgan fingerprint density at radius 2 is 1.49 bits per heavy atom. The molecule has 0 bridgehead atoms. The maximum Gasteiger partial charge on any atom is 0.407 e. The number of carboxylic acid groups (broad SMARTS) is 1. The molecule has 0 heterocycles. The predicted molar refractivity (Wildman–Crippen MR) is 147 cm³/mol. The normalized spacial score (nSPS) is 14.4. The van der Waals surface area contributed by atoms with Gasteiger partial charge in [0.2, 0.25) is 5.91 Å². The molecular weight excluding hydrogens is 496 g/mol. The van der Waals surface area contributed by atoms with Crippen LogP contribution in [0.2, 0.25) is 0 Å². The van der Waals surface area contributed by atoms with Crippen molar-refractivity contribution < 1.29 is 29.0 Å². The summed E-state index contributed by atoms with van der Waals surface area (Å²) in [5.74, 6) is -1.87. The van der Waals surface area contributed by atoms with E-state index in [2.05, 4.69) is 22.8 Å². The number of aliphatic carboxylic acids is 1. The minimum absolute atomic E-state index is 0.0926. The molecule has 204 valence electrons. The zero-order chi connectivity index (χ0) is 27.8. The van der Waals surface area contributed by atoms with Crippen molar-refractivity contribution in [2.75, 3.05) is 13.3 Å². The van der Waals surface area contributed by atoms with Crippen LogP contribution in [0.4, 0.5) is 4.79 Å². The Bertz CT molecular complexity index is 1250. The summed E-state index contributed by atoms with van der Waals surface area (Å²) in [5, 5.41) is 14.8. The molecule has 3 unspecified atom stereocenters. The Kier molecular flexibility index (Phi) is 9.33. The predicted octanol–water partition coefficient (Wildman–Crippen LogP) is 4.73. The molecule has 0 spiro atoms. The monoisotopic (exact) mass is 530 g/mol. The molecule has 39 heavy (non-hydrogen) atoms. The third-order valence-corrected chi connectivity index (χ3v) is 7.18. The number of hydrogen-bond donors (Lipinski definition) is 3. The fourth-order valence-corrected chi connectivity index (χ4v) is 4.84. The molecule has 3 atom stereocenters. The van der Waals surface area contributed by atoms with E-state index in [1.807, 2.05) is 80.6 Å². The molecular formula is C31H34N2O6. The largest absolute Gasteiger partial charge is 0.479 e. The van der Waals surface area contributed by atoms with E-state index in [1.54, 1.807) is 0 Å². The Morgan fingerprint density at radius 3 is 2.08 bits per heavy atom. The molecule has 3 aromatic rings. The van der Waals surface area contributed by atoms with Crippen LogP contribution in [-0.4, -0.2) is 48.6 Å². The van der Waals surface area contributed by atoms with Gasteiger partial charge in [-0.15, -0.1) is 0 Å². The Labute approximate surface area is 228 Å². The van der Waals surface area contributed by atoms with Gasteiger partial charge in [0.1, 0.15) is 19.4 Å². The Balaban J connectivity index is 1.33. The summed E-state index contributed by atoms with van der Waals surface area (Å²) in [7, 11) is 0. The first-order valence-electron chi connectivity index (χ1n) is 13.2. The van der Waals surface area contributed by atoms with E-state index in [-0.39, 0.29) is 31.6 Å². The number of carboxylic acids is 1. The number of fused-ring (bicyclic) bond motifs is 3. The third kappa shape index (κ3) is 6.83. The van der Waals surface area contributed by atoms with E-state index in [1.165, 1.54) is 0 Å². The van der Waals surface area contributed by atoms with Gasteiger partial charge in [-0.05, 0) is 33.7 Å². The summed E-state index contributed by atoms with van der Waals surface area (Å²) in [6.45, 7) is 3.60. The molecule has 3 N–H and O–H groups in total. The zero-order valence-electron chi connectivity index (χ0n) is 22.1. The van der Waals surface area contributed by atoms with Crippen molar-refractivity contribution in [3.8, 4) is 11.1 Å². The number of amides is 2. The van der Waals surface area contributed by atoms with Gasteiger partial charge in [0.25, 0.3) is 0 Å². The first-order chi connectivity index (χ1) is 18.9. The molecule has 3 aromatic carbocycles. The number of hydrogen-bond acceptors (Lipinski definition) is 5. The van der Waals surface area contributed by atoms with Crippen molar-refractivity contribution >= 4 is 18.0 Å². The summed E-state index contributed by atoms with van der Waals surface area (Å²) < 4.78 is 11.1. The van der Waals surface area contributed by atoms with Crippen LogP contribution in [0.25, 0.3) is 11.1 Å². The van der Waals surface area contributed by atoms with Crippen molar-refractivity contribution in [3.63, 3.8) is 0 Å². The molecule has 8 heteroatoms. The number of carbonyl (C=O) groups is 3. The van der Waals surface area contributed by atoms with E-state index in [9.17, 15) is 19.5 Å². The van der Waals surface area contributed by atoms with Gasteiger partial charge < -0.3 is 25.2 Å². The van der Waals surface area contributed by atoms with E-state index in [4.69, 9.17) is 9.47 Å². The maximum atomic E-state index is 13.0. The topological polar surface area (TPSA) is 114 Å². The van der Waals surface area contributed by atoms with Crippen molar-refractivity contribution in [2.24, 2.45) is 5.92 Å². The Hall–Kier alpha value is -4.17. The average Bonchev–Trinajstić information content (AvgIpc) is 3.27. The van der Waals surface area contributed by atoms with E-state index >= 15 is 0 Å². The summed E-state index contributed by atoms with van der Waals surface area (Å²) in [5.41, 5.74) is 5.27. The third-order valence-electron chi connectivity index (χ3n) is 7.18. The number of rotatable bonds is 12. The second-order valence-electron chi connectivity index (χ2n) is 9.70. The summed E-state index contributed by atoms with van der Waals surface area (Å²) in [4.78, 5) is 37.4. The highest BCUT2D eigenvalue weighted by molar-refractivity contribution is 5.86. The van der Waals surface area contributed by atoms with Crippen molar-refractivity contribution in [3.05, 3.63) is 95.6 Å². The minimum atomic E-state index is -1.12. The lowest BCUT2D eigenvalue weighted by Gasteiger charge is -2.24. The van der Waals surface area contributed by atoms with Gasteiger partial charge in [0, 0.05) is 12.3 Å². The summed E-state index contributed by atoms with van der Waals surface area (Å²) >= 11 is 0. The summed E-state index contributed by atoms with van der Waals surface area (Å²) in [6, 6.07) is 24.4. The number of carbonyl (C=O) groups excluding carboxylic acids is 2. The van der Waals surface area contributed by atoms with E-state index in [0.717, 1.165) is 27.8 Å². The number of nitrogens with one attached hydrogen (secondary N) is 2. The van der Waals surface area contributed by atoms with Crippen LogP contribution in [0, 0.1) is 5.92 Å². The van der Waals surface area contributed by atoms with Gasteiger partial charge >= 0.3 is 12.1 Å². The smallest absolute Gasteiger partial charge is 0.407 e. The zero-order valence-corrected chi connectivity index (χ0v) is 22.1. The molecule has 0 saturated heterocycles. The van der Waals surface area contributed by atoms with Gasteiger partial charge in [-0.3, -0.25) is 4.79 Å². The molecule has 0 saturated carbocycles. The standard InChI is InChI=1S/C31H34N2O6/c1-3-20(2)28(29(34)32-19-39-27(30(35)36)17-21-11-5-4-6-12-21)33-31(37)38-18-26-24-15-9-7-13-22(24)23-14-8-10-16-25(23)26/h4-16,20,26-28H,3,17-19H2,1-2H3,(H,32,34)(H,33,37)(H,35,36). The highest BCUT2D eigenvalue weighted by Crippen LogP contribution is 2.44. The molecule has 0 radical (unpaired) electrons. The molecule has 0 fully saturated rings. The van der Waals surface area contributed by atoms with Crippen molar-refractivity contribution in [1.82, 2.24) is 10.6 Å². The second-order valence-corrected chi connectivity index (χ2v) is 9.70. The molecule has 0 aromatic heterocycles. The Morgan fingerprint density at radius 1 is 0.897 bits per heavy atom. The van der Waals surface area contributed by atoms with Gasteiger partial charge in [-0.2, -0.15) is 0 Å². The van der Waals surface area contributed by atoms with Gasteiger partial charge in [0.15, 0.2) is 6.10 Å². The number of ether oxygens (including phenoxy) is 2. The van der Waals surface area contributed by atoms with Crippen LogP contribution in [0.5, 0.6) is 0 Å². The van der Waals surface area contributed by atoms with E-state index in [0.29, 0.717) is 6.42 Å². The van der Waals surface area contributed by atoms with Crippen LogP contribution in [-0.2, 0) is 25.5 Å². The average molecular weight is 531 g/mol. The summed E-state index contributed by atoms with van der Waals surface area (Å²) in [6.07, 6.45) is -1.01. The lowest BCUT2D eigenvalue weighted by molar-refractivity contribution is -0.152. The first-order valence-corrected chi connectivity index (χ1v) is 13.2. The fraction of sp³-hybridized carbons (Fsp3) is 0.323. The lowest BCUT2D eigenvalue weighted by atomic mass is 9.98. The van der Waals surface area contributed by atoms with Crippen LogP contribution in [0.1, 0.15) is 42.9 Å². The highest BCUT2D eigenvalue weighted by Gasteiger charge is 2.31. The van der Waals surface area contributed by atoms with Gasteiger partial charge in [-0.1, -0.05) is 99.1 Å². The molecule has 1 aliphatic rings. The van der Waals surface area contributed by atoms with Crippen LogP contribution in [0.15, 0.2) is 78.9 Å². The number of alkyl carbamates (subject to hydrolysis) is 1. The molecule has 8 nitrogen and oxygen atoms in total. The van der Waals surface area contributed by atoms with E-state index < -0.39 is 30.1 Å². The molecule has 4 rings (SSSR count). The maximum absolute atomic E-state index is 13.0. The minimum Gasteiger partial charge on any atom is -0.479 e. The van der Waals surface area contributed by atoms with Crippen molar-refractivity contribution in [1.29, 1.82) is 0 Å². The lowest BCUT2D eigenvalue weighted by Crippen LogP contribution is -2.51. The molecule has 2 amide bonds. The van der Waals surface area contributed by atoms with Gasteiger partial charge in [0.05, 0.1) is 0 Å². The quantitative estimate of drug-likeness (QED) is 0.292. The fourth-order valence-electron chi connectivity index (χ4n) is 4.84. The second kappa shape index (κ2) is 13.1. The van der Waals surface area contributed by atoms with Crippen LogP contribution in [0.3, 0.4) is 0 Å². The highest BCUT2D eigenvalue weighted by atomic mass is 16.5. The van der Waals surface area contributed by atoms with Crippen molar-refractivity contribution in [2.45, 2.75) is 44.8 Å². The first kappa shape index (κ1) is 27.9. The van der Waals surface area contributed by atoms with Crippen LogP contribution >= 0.6 is 0 Å². The molecule has 0 aliphatic heterocycles. The van der Waals surface area contributed by atoms with Crippen LogP contribution < -0.4 is 10.6 Å².